The van der Waals surface area contributed by atoms with Crippen molar-refractivity contribution < 1.29 is 14.0 Å². The molecule has 2 heterocycles. The molecule has 1 aliphatic heterocycles. The topological polar surface area (TPSA) is 88.6 Å². The fourth-order valence-corrected chi connectivity index (χ4v) is 2.84. The number of hydrogen-bond acceptors (Lipinski definition) is 4. The lowest BCUT2D eigenvalue weighted by molar-refractivity contribution is -0.134. The molecule has 1 fully saturated rings. The summed E-state index contributed by atoms with van der Waals surface area (Å²) in [7, 11) is 0. The number of nitrogens with one attached hydrogen (secondary N) is 1. The SMILES string of the molecule is CCC(C)C(N)C(=O)N1CCC(NC(=O)c2ccoc2C)CC1. The minimum Gasteiger partial charge on any atom is -0.469 e. The summed E-state index contributed by atoms with van der Waals surface area (Å²) in [5, 5.41) is 3.02. The van der Waals surface area contributed by atoms with E-state index in [1.807, 2.05) is 18.7 Å². The molecule has 1 aromatic rings. The molecule has 2 atom stereocenters. The zero-order valence-electron chi connectivity index (χ0n) is 14.2. The van der Waals surface area contributed by atoms with E-state index in [4.69, 9.17) is 10.2 Å². The Kier molecular flexibility index (Phi) is 5.82. The van der Waals surface area contributed by atoms with Crippen LogP contribution in [0.2, 0.25) is 0 Å². The summed E-state index contributed by atoms with van der Waals surface area (Å²) in [6.45, 7) is 7.09. The van der Waals surface area contributed by atoms with Crippen molar-refractivity contribution in [1.82, 2.24) is 10.2 Å². The van der Waals surface area contributed by atoms with Gasteiger partial charge in [0.15, 0.2) is 0 Å². The molecule has 1 saturated heterocycles. The van der Waals surface area contributed by atoms with E-state index in [0.29, 0.717) is 24.4 Å². The quantitative estimate of drug-likeness (QED) is 0.863. The van der Waals surface area contributed by atoms with Gasteiger partial charge in [-0.25, -0.2) is 0 Å². The Morgan fingerprint density at radius 2 is 2.09 bits per heavy atom. The molecule has 1 aromatic heterocycles. The number of carbonyl (C=O) groups excluding carboxylic acids is 2. The third-order valence-electron chi connectivity index (χ3n) is 4.79. The molecule has 0 aliphatic carbocycles. The van der Waals surface area contributed by atoms with Crippen molar-refractivity contribution in [3.05, 3.63) is 23.7 Å². The van der Waals surface area contributed by atoms with Crippen molar-refractivity contribution in [2.75, 3.05) is 13.1 Å². The maximum absolute atomic E-state index is 12.4. The molecule has 128 valence electrons. The van der Waals surface area contributed by atoms with E-state index in [-0.39, 0.29) is 23.8 Å². The third-order valence-corrected chi connectivity index (χ3v) is 4.79. The number of furan rings is 1. The number of aryl methyl sites for hydroxylation is 1. The van der Waals surface area contributed by atoms with Crippen LogP contribution in [0.1, 0.15) is 49.2 Å². The van der Waals surface area contributed by atoms with Gasteiger partial charge in [0.2, 0.25) is 5.91 Å². The summed E-state index contributed by atoms with van der Waals surface area (Å²) >= 11 is 0. The summed E-state index contributed by atoms with van der Waals surface area (Å²) in [6.07, 6.45) is 3.91. The van der Waals surface area contributed by atoms with Crippen LogP contribution < -0.4 is 11.1 Å². The van der Waals surface area contributed by atoms with E-state index in [2.05, 4.69) is 5.32 Å². The molecule has 0 aromatic carbocycles. The van der Waals surface area contributed by atoms with Gasteiger partial charge in [0.1, 0.15) is 5.76 Å². The van der Waals surface area contributed by atoms with Crippen LogP contribution in [0.4, 0.5) is 0 Å². The summed E-state index contributed by atoms with van der Waals surface area (Å²) in [5.74, 6) is 0.714. The highest BCUT2D eigenvalue weighted by Gasteiger charge is 2.29. The fourth-order valence-electron chi connectivity index (χ4n) is 2.84. The van der Waals surface area contributed by atoms with E-state index in [9.17, 15) is 9.59 Å². The second kappa shape index (κ2) is 7.64. The summed E-state index contributed by atoms with van der Waals surface area (Å²) in [4.78, 5) is 26.4. The first-order chi connectivity index (χ1) is 10.9. The van der Waals surface area contributed by atoms with Gasteiger partial charge in [0.05, 0.1) is 17.9 Å². The van der Waals surface area contributed by atoms with Gasteiger partial charge >= 0.3 is 0 Å². The average molecular weight is 321 g/mol. The van der Waals surface area contributed by atoms with Gasteiger partial charge in [-0.05, 0) is 31.7 Å². The zero-order valence-corrected chi connectivity index (χ0v) is 14.2. The Hall–Kier alpha value is -1.82. The lowest BCUT2D eigenvalue weighted by Crippen LogP contribution is -2.52. The lowest BCUT2D eigenvalue weighted by atomic mass is 9.97. The molecule has 6 heteroatoms. The highest BCUT2D eigenvalue weighted by molar-refractivity contribution is 5.95. The van der Waals surface area contributed by atoms with Crippen LogP contribution in [0.5, 0.6) is 0 Å². The Balaban J connectivity index is 1.83. The molecule has 2 amide bonds. The van der Waals surface area contributed by atoms with Crippen LogP contribution in [-0.4, -0.2) is 41.9 Å². The third kappa shape index (κ3) is 4.13. The molecule has 0 radical (unpaired) electrons. The van der Waals surface area contributed by atoms with Crippen LogP contribution in [0.25, 0.3) is 0 Å². The van der Waals surface area contributed by atoms with Crippen molar-refractivity contribution in [3.8, 4) is 0 Å². The number of hydrogen-bond donors (Lipinski definition) is 2. The second-order valence-electron chi connectivity index (χ2n) is 6.37. The summed E-state index contributed by atoms with van der Waals surface area (Å²) < 4.78 is 5.16. The lowest BCUT2D eigenvalue weighted by Gasteiger charge is -2.34. The second-order valence-corrected chi connectivity index (χ2v) is 6.37. The molecular formula is C17H27N3O3. The van der Waals surface area contributed by atoms with Gasteiger partial charge in [0, 0.05) is 19.1 Å². The van der Waals surface area contributed by atoms with Crippen molar-refractivity contribution in [1.29, 1.82) is 0 Å². The number of rotatable bonds is 5. The maximum atomic E-state index is 12.4. The van der Waals surface area contributed by atoms with E-state index < -0.39 is 6.04 Å². The summed E-state index contributed by atoms with van der Waals surface area (Å²) in [5.41, 5.74) is 6.60. The molecule has 23 heavy (non-hydrogen) atoms. The molecule has 3 N–H and O–H groups in total. The molecule has 0 spiro atoms. The minimum atomic E-state index is -0.431. The highest BCUT2D eigenvalue weighted by atomic mass is 16.3. The first-order valence-corrected chi connectivity index (χ1v) is 8.33. The molecule has 1 aliphatic rings. The van der Waals surface area contributed by atoms with Gasteiger partial charge in [-0.15, -0.1) is 0 Å². The van der Waals surface area contributed by atoms with E-state index in [0.717, 1.165) is 19.3 Å². The smallest absolute Gasteiger partial charge is 0.255 e. The fraction of sp³-hybridized carbons (Fsp3) is 0.647. The number of likely N-dealkylation sites (tertiary alicyclic amines) is 1. The van der Waals surface area contributed by atoms with Gasteiger partial charge in [-0.3, -0.25) is 9.59 Å². The highest BCUT2D eigenvalue weighted by Crippen LogP contribution is 2.16. The Labute approximate surface area is 137 Å². The normalized spacial score (nSPS) is 18.5. The maximum Gasteiger partial charge on any atom is 0.255 e. The van der Waals surface area contributed by atoms with Gasteiger partial charge < -0.3 is 20.4 Å². The van der Waals surface area contributed by atoms with Crippen molar-refractivity contribution in [3.63, 3.8) is 0 Å². The standard InChI is InChI=1S/C17H27N3O3/c1-4-11(2)15(18)17(22)20-8-5-13(6-9-20)19-16(21)14-7-10-23-12(14)3/h7,10-11,13,15H,4-6,8-9,18H2,1-3H3,(H,19,21). The first kappa shape index (κ1) is 17.5. The van der Waals surface area contributed by atoms with Gasteiger partial charge in [-0.2, -0.15) is 0 Å². The monoisotopic (exact) mass is 321 g/mol. The predicted octanol–water partition coefficient (Wildman–Crippen LogP) is 1.68. The Morgan fingerprint density at radius 3 is 2.61 bits per heavy atom. The Bertz CT molecular complexity index is 547. The van der Waals surface area contributed by atoms with Gasteiger partial charge in [0.25, 0.3) is 5.91 Å². The van der Waals surface area contributed by atoms with Crippen LogP contribution in [0.3, 0.4) is 0 Å². The number of amides is 2. The van der Waals surface area contributed by atoms with Crippen LogP contribution in [0.15, 0.2) is 16.7 Å². The van der Waals surface area contributed by atoms with E-state index >= 15 is 0 Å². The molecule has 6 nitrogen and oxygen atoms in total. The first-order valence-electron chi connectivity index (χ1n) is 8.33. The summed E-state index contributed by atoms with van der Waals surface area (Å²) in [6, 6.07) is 1.33. The number of nitrogens with two attached hydrogens (primary N) is 1. The number of nitrogens with zero attached hydrogens (tertiary/aromatic N) is 1. The van der Waals surface area contributed by atoms with Crippen molar-refractivity contribution >= 4 is 11.8 Å². The molecule has 0 bridgehead atoms. The zero-order chi connectivity index (χ0) is 17.0. The van der Waals surface area contributed by atoms with E-state index in [1.165, 1.54) is 6.26 Å². The largest absolute Gasteiger partial charge is 0.469 e. The number of piperidine rings is 1. The molecule has 2 unspecified atom stereocenters. The van der Waals surface area contributed by atoms with Crippen LogP contribution >= 0.6 is 0 Å². The van der Waals surface area contributed by atoms with Gasteiger partial charge in [-0.1, -0.05) is 20.3 Å². The average Bonchev–Trinajstić information content (AvgIpc) is 2.99. The number of carbonyl (C=O) groups is 2. The Morgan fingerprint density at radius 1 is 1.43 bits per heavy atom. The predicted molar refractivity (Wildman–Crippen MR) is 87.9 cm³/mol. The molecular weight excluding hydrogens is 294 g/mol. The van der Waals surface area contributed by atoms with Crippen LogP contribution in [-0.2, 0) is 4.79 Å². The molecule has 0 saturated carbocycles. The van der Waals surface area contributed by atoms with E-state index in [1.54, 1.807) is 13.0 Å². The van der Waals surface area contributed by atoms with Crippen LogP contribution in [0, 0.1) is 12.8 Å². The van der Waals surface area contributed by atoms with Crippen molar-refractivity contribution in [2.24, 2.45) is 11.7 Å². The van der Waals surface area contributed by atoms with Crippen molar-refractivity contribution in [2.45, 2.75) is 52.1 Å². The molecule has 2 rings (SSSR count). The minimum absolute atomic E-state index is 0.0230.